The van der Waals surface area contributed by atoms with E-state index in [0.29, 0.717) is 25.0 Å². The van der Waals surface area contributed by atoms with Crippen LogP contribution in [0.25, 0.3) is 0 Å². The number of carbonyl (C=O) groups is 2. The summed E-state index contributed by atoms with van der Waals surface area (Å²) in [7, 11) is 0. The number of nitrogens with zero attached hydrogens (tertiary/aromatic N) is 3. The average Bonchev–Trinajstić information content (AvgIpc) is 3.53. The Morgan fingerprint density at radius 1 is 1.12 bits per heavy atom. The van der Waals surface area contributed by atoms with Gasteiger partial charge in [-0.3, -0.25) is 9.59 Å². The molecule has 184 valence electrons. The summed E-state index contributed by atoms with van der Waals surface area (Å²) >= 11 is 0. The van der Waals surface area contributed by atoms with E-state index in [4.69, 9.17) is 5.73 Å². The van der Waals surface area contributed by atoms with E-state index in [9.17, 15) is 35.9 Å². The summed E-state index contributed by atoms with van der Waals surface area (Å²) in [6, 6.07) is 0.112. The molecule has 1 aliphatic carbocycles. The molecular weight excluding hydrogens is 468 g/mol. The highest BCUT2D eigenvalue weighted by molar-refractivity contribution is 5.93. The summed E-state index contributed by atoms with van der Waals surface area (Å²) in [6.07, 6.45) is -4.01. The predicted octanol–water partition coefficient (Wildman–Crippen LogP) is 2.97. The molecule has 1 saturated carbocycles. The lowest BCUT2D eigenvalue weighted by Crippen LogP contribution is -2.42. The third-order valence-corrected chi connectivity index (χ3v) is 5.81. The average molecular weight is 489 g/mol. The highest BCUT2D eigenvalue weighted by atomic mass is 19.4. The van der Waals surface area contributed by atoms with Gasteiger partial charge >= 0.3 is 6.18 Å². The van der Waals surface area contributed by atoms with Gasteiger partial charge in [0.25, 0.3) is 0 Å². The first-order valence-electron chi connectivity index (χ1n) is 10.6. The van der Waals surface area contributed by atoms with Crippen LogP contribution in [-0.4, -0.2) is 38.9 Å². The molecule has 13 heteroatoms. The number of hydrogen-bond acceptors (Lipinski definition) is 4. The maximum absolute atomic E-state index is 13.9. The fourth-order valence-corrected chi connectivity index (χ4v) is 3.89. The van der Waals surface area contributed by atoms with E-state index in [1.165, 1.54) is 4.90 Å². The van der Waals surface area contributed by atoms with Crippen LogP contribution in [0.4, 0.5) is 32.2 Å². The van der Waals surface area contributed by atoms with Crippen LogP contribution in [0, 0.1) is 23.4 Å². The van der Waals surface area contributed by atoms with Gasteiger partial charge in [0, 0.05) is 37.5 Å². The van der Waals surface area contributed by atoms with Gasteiger partial charge in [-0.1, -0.05) is 0 Å². The van der Waals surface area contributed by atoms with Gasteiger partial charge < -0.3 is 20.5 Å². The maximum atomic E-state index is 13.9. The number of alkyl halides is 3. The maximum Gasteiger partial charge on any atom is 0.449 e. The van der Waals surface area contributed by atoms with E-state index in [0.717, 1.165) is 4.57 Å². The lowest BCUT2D eigenvalue weighted by atomic mass is 10.0. The molecule has 0 spiro atoms. The van der Waals surface area contributed by atoms with Crippen molar-refractivity contribution in [3.63, 3.8) is 0 Å². The van der Waals surface area contributed by atoms with Crippen molar-refractivity contribution in [3.8, 4) is 0 Å². The van der Waals surface area contributed by atoms with Crippen molar-refractivity contribution >= 4 is 17.6 Å². The minimum atomic E-state index is -4.75. The second-order valence-corrected chi connectivity index (χ2v) is 8.48. The van der Waals surface area contributed by atoms with Crippen molar-refractivity contribution < 1.29 is 35.9 Å². The van der Waals surface area contributed by atoms with Crippen LogP contribution in [0.2, 0.25) is 0 Å². The molecule has 0 saturated heterocycles. The Bertz CT molecular complexity index is 1130. The van der Waals surface area contributed by atoms with E-state index in [1.807, 2.05) is 0 Å². The lowest BCUT2D eigenvalue weighted by Gasteiger charge is -2.30. The molecular formula is C21H21F6N5O2. The molecule has 1 aromatic carbocycles. The molecule has 2 aromatic rings. The molecule has 2 amide bonds. The van der Waals surface area contributed by atoms with Gasteiger partial charge in [-0.05, 0) is 30.9 Å². The van der Waals surface area contributed by atoms with Crippen molar-refractivity contribution in [2.45, 2.75) is 51.0 Å². The third kappa shape index (κ3) is 5.03. The minimum Gasteiger partial charge on any atom is -0.335 e. The summed E-state index contributed by atoms with van der Waals surface area (Å²) < 4.78 is 81.6. The van der Waals surface area contributed by atoms with Gasteiger partial charge in [-0.25, -0.2) is 18.2 Å². The van der Waals surface area contributed by atoms with Crippen LogP contribution >= 0.6 is 0 Å². The number of halogens is 6. The molecule has 0 radical (unpaired) electrons. The number of nitrogens with two attached hydrogens (primary N) is 1. The van der Waals surface area contributed by atoms with Crippen molar-refractivity contribution in [3.05, 3.63) is 46.7 Å². The van der Waals surface area contributed by atoms with Crippen molar-refractivity contribution in [2.24, 2.45) is 11.7 Å². The Morgan fingerprint density at radius 2 is 1.79 bits per heavy atom. The molecule has 34 heavy (non-hydrogen) atoms. The number of nitrogens with one attached hydrogen (secondary N) is 1. The monoisotopic (exact) mass is 489 g/mol. The van der Waals surface area contributed by atoms with Gasteiger partial charge in [0.05, 0.1) is 12.2 Å². The molecule has 7 nitrogen and oxygen atoms in total. The van der Waals surface area contributed by atoms with E-state index in [-0.39, 0.29) is 55.5 Å². The van der Waals surface area contributed by atoms with E-state index >= 15 is 0 Å². The number of amides is 2. The number of benzene rings is 1. The summed E-state index contributed by atoms with van der Waals surface area (Å²) in [5, 5.41) is 2.43. The second-order valence-electron chi connectivity index (χ2n) is 8.48. The van der Waals surface area contributed by atoms with Gasteiger partial charge in [-0.15, -0.1) is 0 Å². The summed E-state index contributed by atoms with van der Waals surface area (Å²) in [5.41, 5.74) is 5.75. The molecule has 4 rings (SSSR count). The Hall–Kier alpha value is -3.09. The van der Waals surface area contributed by atoms with Crippen LogP contribution in [-0.2, 0) is 35.3 Å². The van der Waals surface area contributed by atoms with Gasteiger partial charge in [-0.2, -0.15) is 13.2 Å². The van der Waals surface area contributed by atoms with Crippen LogP contribution in [0.1, 0.15) is 36.3 Å². The molecule has 1 aliphatic heterocycles. The van der Waals surface area contributed by atoms with Gasteiger partial charge in [0.15, 0.2) is 17.5 Å². The molecule has 1 atom stereocenters. The Balaban J connectivity index is 1.47. The van der Waals surface area contributed by atoms with Gasteiger partial charge in [0.2, 0.25) is 17.6 Å². The van der Waals surface area contributed by atoms with Crippen LogP contribution < -0.4 is 11.1 Å². The SMILES string of the molecule is N[C@@H](CC(=O)N1CCn2c(C(F)(F)F)nc(NC(=O)C3CC3)c2C1)Cc1cc(F)c(F)cc1F. The predicted molar refractivity (Wildman–Crippen MR) is 107 cm³/mol. The summed E-state index contributed by atoms with van der Waals surface area (Å²) in [4.78, 5) is 29.7. The molecule has 2 aliphatic rings. The zero-order valence-electron chi connectivity index (χ0n) is 17.8. The Morgan fingerprint density at radius 3 is 2.44 bits per heavy atom. The zero-order valence-corrected chi connectivity index (χ0v) is 17.8. The van der Waals surface area contributed by atoms with E-state index in [1.54, 1.807) is 0 Å². The normalized spacial score (nSPS) is 16.9. The number of hydrogen-bond donors (Lipinski definition) is 2. The van der Waals surface area contributed by atoms with E-state index in [2.05, 4.69) is 10.3 Å². The molecule has 3 N–H and O–H groups in total. The van der Waals surface area contributed by atoms with Crippen molar-refractivity contribution in [2.75, 3.05) is 11.9 Å². The first-order chi connectivity index (χ1) is 15.9. The molecule has 1 aromatic heterocycles. The zero-order chi connectivity index (χ0) is 24.8. The van der Waals surface area contributed by atoms with E-state index < -0.39 is 47.3 Å². The number of rotatable bonds is 6. The number of carbonyl (C=O) groups excluding carboxylic acids is 2. The number of anilines is 1. The fourth-order valence-electron chi connectivity index (χ4n) is 3.89. The molecule has 2 heterocycles. The summed E-state index contributed by atoms with van der Waals surface area (Å²) in [5.74, 6) is -6.20. The number of aromatic nitrogens is 2. The topological polar surface area (TPSA) is 93.2 Å². The quantitative estimate of drug-likeness (QED) is 0.482. The lowest BCUT2D eigenvalue weighted by molar-refractivity contribution is -0.148. The smallest absolute Gasteiger partial charge is 0.335 e. The highest BCUT2D eigenvalue weighted by Crippen LogP contribution is 2.36. The fraction of sp³-hybridized carbons (Fsp3) is 0.476. The molecule has 1 fully saturated rings. The van der Waals surface area contributed by atoms with Crippen molar-refractivity contribution in [1.29, 1.82) is 0 Å². The van der Waals surface area contributed by atoms with Gasteiger partial charge in [0.1, 0.15) is 5.82 Å². The summed E-state index contributed by atoms with van der Waals surface area (Å²) in [6.45, 7) is -0.503. The first-order valence-corrected chi connectivity index (χ1v) is 10.6. The Labute approximate surface area is 189 Å². The largest absolute Gasteiger partial charge is 0.449 e. The third-order valence-electron chi connectivity index (χ3n) is 5.81. The molecule has 0 bridgehead atoms. The Kier molecular flexibility index (Phi) is 6.32. The minimum absolute atomic E-state index is 0.0427. The second kappa shape index (κ2) is 8.93. The number of fused-ring (bicyclic) bond motifs is 1. The first kappa shape index (κ1) is 24.0. The standard InChI is InChI=1S/C21H21F6N5O2/c22-13-8-15(24)14(23)6-11(13)5-12(28)7-17(33)31-3-4-32-16(9-31)18(29-19(34)10-1-2-10)30-20(32)21(25,26)27/h6,8,10,12H,1-5,7,9,28H2,(H,29,34)/t12-/m1/s1. The van der Waals surface area contributed by atoms with Crippen LogP contribution in [0.15, 0.2) is 12.1 Å². The highest BCUT2D eigenvalue weighted by Gasteiger charge is 2.41. The van der Waals surface area contributed by atoms with Crippen LogP contribution in [0.3, 0.4) is 0 Å². The van der Waals surface area contributed by atoms with Crippen molar-refractivity contribution in [1.82, 2.24) is 14.5 Å². The van der Waals surface area contributed by atoms with Crippen LogP contribution in [0.5, 0.6) is 0 Å². The number of imidazole rings is 1. The molecule has 0 unspecified atom stereocenters.